The summed E-state index contributed by atoms with van der Waals surface area (Å²) in [5, 5.41) is 9.21. The molecule has 1 heterocycles. The molecule has 0 radical (unpaired) electrons. The first-order valence-electron chi connectivity index (χ1n) is 6.26. The lowest BCUT2D eigenvalue weighted by atomic mass is 9.66. The van der Waals surface area contributed by atoms with Crippen LogP contribution in [0.5, 0.6) is 0 Å². The Hall–Kier alpha value is -1.98. The monoisotopic (exact) mass is 263 g/mol. The van der Waals surface area contributed by atoms with E-state index in [1.165, 1.54) is 4.90 Å². The molecule has 1 fully saturated rings. The standard InChI is InChI=1S/C13H17N3O3/c1-16(9-10-8-14-5-6-15-10)11(17)7-13(12(18)19)3-2-4-13/h5-6,8H,2-4,7,9H2,1H3,(H,18,19). The Balaban J connectivity index is 1.94. The Kier molecular flexibility index (Phi) is 3.78. The molecular weight excluding hydrogens is 246 g/mol. The van der Waals surface area contributed by atoms with Gasteiger partial charge in [-0.2, -0.15) is 0 Å². The molecule has 1 aromatic heterocycles. The molecule has 1 N–H and O–H groups in total. The Bertz CT molecular complexity index is 471. The molecule has 0 bridgehead atoms. The number of rotatable bonds is 5. The van der Waals surface area contributed by atoms with Crippen LogP contribution < -0.4 is 0 Å². The molecule has 1 aliphatic rings. The highest BCUT2D eigenvalue weighted by Crippen LogP contribution is 2.44. The van der Waals surface area contributed by atoms with Crippen molar-refractivity contribution < 1.29 is 14.7 Å². The fourth-order valence-corrected chi connectivity index (χ4v) is 2.24. The maximum Gasteiger partial charge on any atom is 0.310 e. The van der Waals surface area contributed by atoms with Crippen LogP contribution in [0.2, 0.25) is 0 Å². The smallest absolute Gasteiger partial charge is 0.310 e. The number of amides is 1. The molecule has 0 saturated heterocycles. The van der Waals surface area contributed by atoms with E-state index in [-0.39, 0.29) is 12.3 Å². The second kappa shape index (κ2) is 5.34. The van der Waals surface area contributed by atoms with Gasteiger partial charge in [-0.15, -0.1) is 0 Å². The molecule has 102 valence electrons. The zero-order chi connectivity index (χ0) is 13.9. The van der Waals surface area contributed by atoms with E-state index < -0.39 is 11.4 Å². The van der Waals surface area contributed by atoms with Gasteiger partial charge in [-0.1, -0.05) is 6.42 Å². The third-order valence-corrected chi connectivity index (χ3v) is 3.70. The number of aromatic nitrogens is 2. The highest BCUT2D eigenvalue weighted by atomic mass is 16.4. The van der Waals surface area contributed by atoms with E-state index in [0.717, 1.165) is 6.42 Å². The zero-order valence-electron chi connectivity index (χ0n) is 10.9. The number of carbonyl (C=O) groups is 2. The molecule has 2 rings (SSSR count). The quantitative estimate of drug-likeness (QED) is 0.859. The van der Waals surface area contributed by atoms with Crippen LogP contribution in [0.3, 0.4) is 0 Å². The molecule has 1 amide bonds. The second-order valence-electron chi connectivity index (χ2n) is 5.06. The molecule has 19 heavy (non-hydrogen) atoms. The van der Waals surface area contributed by atoms with E-state index in [1.54, 1.807) is 25.6 Å². The van der Waals surface area contributed by atoms with Crippen molar-refractivity contribution in [3.8, 4) is 0 Å². The van der Waals surface area contributed by atoms with E-state index in [1.807, 2.05) is 0 Å². The van der Waals surface area contributed by atoms with Crippen molar-refractivity contribution in [3.63, 3.8) is 0 Å². The molecule has 0 atom stereocenters. The van der Waals surface area contributed by atoms with Crippen molar-refractivity contribution in [2.45, 2.75) is 32.2 Å². The van der Waals surface area contributed by atoms with Gasteiger partial charge in [0.1, 0.15) is 0 Å². The summed E-state index contributed by atoms with van der Waals surface area (Å²) in [6.45, 7) is 0.350. The van der Waals surface area contributed by atoms with Crippen molar-refractivity contribution in [2.24, 2.45) is 5.41 Å². The van der Waals surface area contributed by atoms with Crippen LogP contribution in [0.15, 0.2) is 18.6 Å². The minimum Gasteiger partial charge on any atom is -0.481 e. The summed E-state index contributed by atoms with van der Waals surface area (Å²) in [6.07, 6.45) is 6.87. The van der Waals surface area contributed by atoms with Gasteiger partial charge in [0, 0.05) is 25.9 Å². The number of aliphatic carboxylic acids is 1. The van der Waals surface area contributed by atoms with Gasteiger partial charge in [0.05, 0.1) is 23.9 Å². The topological polar surface area (TPSA) is 83.4 Å². The summed E-state index contributed by atoms with van der Waals surface area (Å²) in [4.78, 5) is 32.8. The summed E-state index contributed by atoms with van der Waals surface area (Å²) in [7, 11) is 1.66. The lowest BCUT2D eigenvalue weighted by molar-refractivity contribution is -0.159. The number of hydrogen-bond donors (Lipinski definition) is 1. The van der Waals surface area contributed by atoms with Gasteiger partial charge in [-0.25, -0.2) is 0 Å². The summed E-state index contributed by atoms with van der Waals surface area (Å²) in [6, 6.07) is 0. The first kappa shape index (κ1) is 13.5. The third kappa shape index (κ3) is 2.89. The number of carboxylic acids is 1. The normalized spacial score (nSPS) is 16.5. The van der Waals surface area contributed by atoms with E-state index >= 15 is 0 Å². The molecular formula is C13H17N3O3. The fourth-order valence-electron chi connectivity index (χ4n) is 2.24. The van der Waals surface area contributed by atoms with Gasteiger partial charge < -0.3 is 10.0 Å². The molecule has 6 nitrogen and oxygen atoms in total. The van der Waals surface area contributed by atoms with Crippen LogP contribution in [-0.4, -0.2) is 38.9 Å². The van der Waals surface area contributed by atoms with Crippen molar-refractivity contribution in [1.29, 1.82) is 0 Å². The lowest BCUT2D eigenvalue weighted by Crippen LogP contribution is -2.42. The Morgan fingerprint density at radius 2 is 2.16 bits per heavy atom. The van der Waals surface area contributed by atoms with Crippen LogP contribution in [0.1, 0.15) is 31.4 Å². The van der Waals surface area contributed by atoms with E-state index in [9.17, 15) is 14.7 Å². The predicted octanol–water partition coefficient (Wildman–Crippen LogP) is 1.08. The summed E-state index contributed by atoms with van der Waals surface area (Å²) >= 11 is 0. The van der Waals surface area contributed by atoms with Crippen LogP contribution >= 0.6 is 0 Å². The first-order chi connectivity index (χ1) is 9.03. The highest BCUT2D eigenvalue weighted by Gasteiger charge is 2.46. The van der Waals surface area contributed by atoms with Gasteiger partial charge in [0.2, 0.25) is 5.91 Å². The van der Waals surface area contributed by atoms with Gasteiger partial charge in [0.25, 0.3) is 0 Å². The first-order valence-corrected chi connectivity index (χ1v) is 6.26. The average Bonchev–Trinajstić information content (AvgIpc) is 2.34. The maximum absolute atomic E-state index is 12.1. The van der Waals surface area contributed by atoms with E-state index in [0.29, 0.717) is 25.1 Å². The largest absolute Gasteiger partial charge is 0.481 e. The number of carbonyl (C=O) groups excluding carboxylic acids is 1. The van der Waals surface area contributed by atoms with Crippen LogP contribution in [-0.2, 0) is 16.1 Å². The minimum absolute atomic E-state index is 0.0685. The van der Waals surface area contributed by atoms with E-state index in [2.05, 4.69) is 9.97 Å². The Labute approximate surface area is 111 Å². The van der Waals surface area contributed by atoms with Crippen molar-refractivity contribution >= 4 is 11.9 Å². The van der Waals surface area contributed by atoms with Crippen LogP contribution in [0.25, 0.3) is 0 Å². The summed E-state index contributed by atoms with van der Waals surface area (Å²) < 4.78 is 0. The van der Waals surface area contributed by atoms with Gasteiger partial charge in [-0.3, -0.25) is 19.6 Å². The molecule has 0 aliphatic heterocycles. The number of carboxylic acid groups (broad SMARTS) is 1. The van der Waals surface area contributed by atoms with Crippen molar-refractivity contribution in [2.75, 3.05) is 7.05 Å². The van der Waals surface area contributed by atoms with Gasteiger partial charge in [0.15, 0.2) is 0 Å². The van der Waals surface area contributed by atoms with Crippen LogP contribution in [0, 0.1) is 5.41 Å². The lowest BCUT2D eigenvalue weighted by Gasteiger charge is -2.37. The summed E-state index contributed by atoms with van der Waals surface area (Å²) in [5.74, 6) is -1.02. The number of hydrogen-bond acceptors (Lipinski definition) is 4. The van der Waals surface area contributed by atoms with Crippen molar-refractivity contribution in [1.82, 2.24) is 14.9 Å². The molecule has 1 saturated carbocycles. The Morgan fingerprint density at radius 3 is 2.63 bits per heavy atom. The van der Waals surface area contributed by atoms with Crippen molar-refractivity contribution in [3.05, 3.63) is 24.3 Å². The minimum atomic E-state index is -0.861. The van der Waals surface area contributed by atoms with Crippen LogP contribution in [0.4, 0.5) is 0 Å². The molecule has 6 heteroatoms. The molecule has 1 aliphatic carbocycles. The van der Waals surface area contributed by atoms with Gasteiger partial charge in [-0.05, 0) is 12.8 Å². The summed E-state index contributed by atoms with van der Waals surface area (Å²) in [5.41, 5.74) is -0.149. The third-order valence-electron chi connectivity index (χ3n) is 3.70. The zero-order valence-corrected chi connectivity index (χ0v) is 10.9. The maximum atomic E-state index is 12.1. The molecule has 0 spiro atoms. The predicted molar refractivity (Wildman–Crippen MR) is 67.0 cm³/mol. The highest BCUT2D eigenvalue weighted by molar-refractivity contribution is 5.85. The number of nitrogens with zero attached hydrogens (tertiary/aromatic N) is 3. The average molecular weight is 263 g/mol. The molecule has 0 unspecified atom stereocenters. The Morgan fingerprint density at radius 1 is 1.42 bits per heavy atom. The fraction of sp³-hybridized carbons (Fsp3) is 0.538. The second-order valence-corrected chi connectivity index (χ2v) is 5.06. The van der Waals surface area contributed by atoms with Gasteiger partial charge >= 0.3 is 5.97 Å². The molecule has 1 aromatic rings. The van der Waals surface area contributed by atoms with E-state index in [4.69, 9.17) is 0 Å². The SMILES string of the molecule is CN(Cc1cnccn1)C(=O)CC1(C(=O)O)CCC1. The molecule has 0 aromatic carbocycles.